The van der Waals surface area contributed by atoms with Gasteiger partial charge in [-0.25, -0.2) is 0 Å². The summed E-state index contributed by atoms with van der Waals surface area (Å²) in [6.07, 6.45) is 0. The number of hydrogen-bond acceptors (Lipinski definition) is 2. The molecule has 0 bridgehead atoms. The van der Waals surface area contributed by atoms with Gasteiger partial charge in [-0.05, 0) is 55.8 Å². The number of rotatable bonds is 8. The fraction of sp³-hybridized carbons (Fsp3) is 0.280. The Kier molecular flexibility index (Phi) is 7.20. The predicted octanol–water partition coefficient (Wildman–Crippen LogP) is 3.58. The molecule has 0 aliphatic heterocycles. The molecule has 30 heavy (non-hydrogen) atoms. The number of nitrogens with zero attached hydrogens (tertiary/aromatic N) is 1. The van der Waals surface area contributed by atoms with E-state index < -0.39 is 0 Å². The minimum Gasteiger partial charge on any atom is -0.339 e. The molecule has 156 valence electrons. The Balaban J connectivity index is 1.57. The van der Waals surface area contributed by atoms with Gasteiger partial charge in [0.2, 0.25) is 0 Å². The van der Waals surface area contributed by atoms with E-state index in [1.807, 2.05) is 31.3 Å². The highest BCUT2D eigenvalue weighted by molar-refractivity contribution is 5.96. The highest BCUT2D eigenvalue weighted by atomic mass is 16.2. The Labute approximate surface area is 178 Å². The first-order valence-corrected chi connectivity index (χ1v) is 10.5. The molecule has 3 aromatic carbocycles. The summed E-state index contributed by atoms with van der Waals surface area (Å²) in [6.45, 7) is 7.72. The van der Waals surface area contributed by atoms with Gasteiger partial charge in [0.15, 0.2) is 6.54 Å². The van der Waals surface area contributed by atoms with Crippen LogP contribution in [-0.4, -0.2) is 36.3 Å². The highest BCUT2D eigenvalue weighted by Crippen LogP contribution is 2.22. The van der Waals surface area contributed by atoms with Crippen molar-refractivity contribution < 1.29 is 14.9 Å². The molecular weight excluding hydrogens is 374 g/mol. The Bertz CT molecular complexity index is 1010. The molecule has 3 aromatic rings. The first kappa shape index (κ1) is 21.5. The summed E-state index contributed by atoms with van der Waals surface area (Å²) < 4.78 is 0. The Morgan fingerprint density at radius 1 is 0.933 bits per heavy atom. The SMILES string of the molecule is CCN(CC)C(=O)c1ccc(NC(=O)C[NH2+][C@H](C)c2cccc3ccccc23)cc1. The molecule has 0 radical (unpaired) electrons. The lowest BCUT2D eigenvalue weighted by atomic mass is 10.00. The van der Waals surface area contributed by atoms with Crippen molar-refractivity contribution in [1.82, 2.24) is 4.90 Å². The van der Waals surface area contributed by atoms with E-state index in [0.29, 0.717) is 30.9 Å². The van der Waals surface area contributed by atoms with Crippen molar-refractivity contribution in [2.24, 2.45) is 0 Å². The normalized spacial score (nSPS) is 11.8. The second kappa shape index (κ2) is 10.0. The van der Waals surface area contributed by atoms with Gasteiger partial charge >= 0.3 is 0 Å². The number of anilines is 1. The van der Waals surface area contributed by atoms with Gasteiger partial charge in [0.05, 0.1) is 0 Å². The van der Waals surface area contributed by atoms with Gasteiger partial charge in [0.1, 0.15) is 6.04 Å². The first-order chi connectivity index (χ1) is 14.5. The topological polar surface area (TPSA) is 66.0 Å². The number of hydrogen-bond donors (Lipinski definition) is 2. The molecule has 0 saturated heterocycles. The zero-order valence-corrected chi connectivity index (χ0v) is 17.9. The van der Waals surface area contributed by atoms with Gasteiger partial charge in [0, 0.05) is 29.9 Å². The molecule has 0 aromatic heterocycles. The summed E-state index contributed by atoms with van der Waals surface area (Å²) in [5.74, 6) is -0.0555. The van der Waals surface area contributed by atoms with Gasteiger partial charge in [-0.3, -0.25) is 9.59 Å². The van der Waals surface area contributed by atoms with Crippen molar-refractivity contribution in [3.8, 4) is 0 Å². The summed E-state index contributed by atoms with van der Waals surface area (Å²) in [5, 5.41) is 7.38. The average molecular weight is 405 g/mol. The molecular formula is C25H30N3O2+. The van der Waals surface area contributed by atoms with Crippen LogP contribution in [0.3, 0.4) is 0 Å². The molecule has 2 amide bonds. The van der Waals surface area contributed by atoms with Gasteiger partial charge in [-0.2, -0.15) is 0 Å². The van der Waals surface area contributed by atoms with Gasteiger partial charge in [0.25, 0.3) is 11.8 Å². The third kappa shape index (κ3) is 5.05. The third-order valence-electron chi connectivity index (χ3n) is 5.44. The number of nitrogens with two attached hydrogens (primary N) is 1. The van der Waals surface area contributed by atoms with E-state index >= 15 is 0 Å². The summed E-state index contributed by atoms with van der Waals surface area (Å²) in [7, 11) is 0. The second-order valence-electron chi connectivity index (χ2n) is 7.40. The number of carbonyl (C=O) groups excluding carboxylic acids is 2. The van der Waals surface area contributed by atoms with Crippen LogP contribution in [0.4, 0.5) is 5.69 Å². The Morgan fingerprint density at radius 2 is 1.60 bits per heavy atom. The standard InChI is InChI=1S/C25H29N3O2/c1-4-28(5-2)25(30)20-13-15-21(16-14-20)27-24(29)17-26-18(3)22-12-8-10-19-9-6-7-11-23(19)22/h6-16,18,26H,4-5,17H2,1-3H3,(H,27,29)/p+1/t18-/m1/s1. The van der Waals surface area contributed by atoms with E-state index in [1.54, 1.807) is 29.2 Å². The molecule has 0 fully saturated rings. The van der Waals surface area contributed by atoms with Crippen molar-refractivity contribution in [1.29, 1.82) is 0 Å². The average Bonchev–Trinajstić information content (AvgIpc) is 2.78. The molecule has 5 nitrogen and oxygen atoms in total. The first-order valence-electron chi connectivity index (χ1n) is 10.5. The van der Waals surface area contributed by atoms with Crippen LogP contribution in [0.2, 0.25) is 0 Å². The lowest BCUT2D eigenvalue weighted by Crippen LogP contribution is -2.86. The summed E-state index contributed by atoms with van der Waals surface area (Å²) in [5.41, 5.74) is 2.55. The number of fused-ring (bicyclic) bond motifs is 1. The van der Waals surface area contributed by atoms with E-state index in [-0.39, 0.29) is 17.9 Å². The third-order valence-corrected chi connectivity index (χ3v) is 5.44. The van der Waals surface area contributed by atoms with E-state index in [1.165, 1.54) is 16.3 Å². The van der Waals surface area contributed by atoms with Crippen LogP contribution in [-0.2, 0) is 4.79 Å². The fourth-order valence-electron chi connectivity index (χ4n) is 3.66. The van der Waals surface area contributed by atoms with Crippen LogP contribution in [0, 0.1) is 0 Å². The van der Waals surface area contributed by atoms with Crippen LogP contribution >= 0.6 is 0 Å². The van der Waals surface area contributed by atoms with Crippen LogP contribution in [0.25, 0.3) is 10.8 Å². The molecule has 0 unspecified atom stereocenters. The van der Waals surface area contributed by atoms with Gasteiger partial charge < -0.3 is 15.5 Å². The van der Waals surface area contributed by atoms with Crippen molar-refractivity contribution >= 4 is 28.3 Å². The van der Waals surface area contributed by atoms with Crippen molar-refractivity contribution in [2.45, 2.75) is 26.8 Å². The Morgan fingerprint density at radius 3 is 2.30 bits per heavy atom. The van der Waals surface area contributed by atoms with Gasteiger partial charge in [-0.1, -0.05) is 42.5 Å². The lowest BCUT2D eigenvalue weighted by Gasteiger charge is -2.18. The number of amides is 2. The van der Waals surface area contributed by atoms with Crippen LogP contribution in [0.5, 0.6) is 0 Å². The number of carbonyl (C=O) groups is 2. The van der Waals surface area contributed by atoms with Crippen LogP contribution < -0.4 is 10.6 Å². The highest BCUT2D eigenvalue weighted by Gasteiger charge is 2.15. The summed E-state index contributed by atoms with van der Waals surface area (Å²) >= 11 is 0. The summed E-state index contributed by atoms with van der Waals surface area (Å²) in [6, 6.07) is 21.8. The van der Waals surface area contributed by atoms with Crippen molar-refractivity contribution in [3.05, 3.63) is 77.9 Å². The second-order valence-corrected chi connectivity index (χ2v) is 7.40. The Hall–Kier alpha value is -3.18. The molecule has 0 heterocycles. The predicted molar refractivity (Wildman–Crippen MR) is 121 cm³/mol. The van der Waals surface area contributed by atoms with Crippen molar-refractivity contribution in [2.75, 3.05) is 25.0 Å². The van der Waals surface area contributed by atoms with Crippen molar-refractivity contribution in [3.63, 3.8) is 0 Å². The monoisotopic (exact) mass is 404 g/mol. The molecule has 0 spiro atoms. The molecule has 3 rings (SSSR count). The molecule has 0 saturated carbocycles. The van der Waals surface area contributed by atoms with Crippen LogP contribution in [0.1, 0.15) is 42.7 Å². The molecule has 0 aliphatic rings. The molecule has 3 N–H and O–H groups in total. The van der Waals surface area contributed by atoms with Crippen LogP contribution in [0.15, 0.2) is 66.7 Å². The minimum atomic E-state index is -0.0649. The lowest BCUT2D eigenvalue weighted by molar-refractivity contribution is -0.682. The zero-order valence-electron chi connectivity index (χ0n) is 17.9. The molecule has 5 heteroatoms. The van der Waals surface area contributed by atoms with E-state index in [0.717, 1.165) is 0 Å². The summed E-state index contributed by atoms with van der Waals surface area (Å²) in [4.78, 5) is 26.6. The van der Waals surface area contributed by atoms with E-state index in [2.05, 4.69) is 42.6 Å². The smallest absolute Gasteiger partial charge is 0.279 e. The maximum atomic E-state index is 12.4. The van der Waals surface area contributed by atoms with E-state index in [4.69, 9.17) is 0 Å². The van der Waals surface area contributed by atoms with E-state index in [9.17, 15) is 9.59 Å². The largest absolute Gasteiger partial charge is 0.339 e. The maximum Gasteiger partial charge on any atom is 0.279 e. The molecule has 1 atom stereocenters. The fourth-order valence-corrected chi connectivity index (χ4v) is 3.66. The zero-order chi connectivity index (χ0) is 21.5. The maximum absolute atomic E-state index is 12.4. The number of benzene rings is 3. The quantitative estimate of drug-likeness (QED) is 0.603. The van der Waals surface area contributed by atoms with Gasteiger partial charge in [-0.15, -0.1) is 0 Å². The molecule has 0 aliphatic carbocycles. The number of nitrogens with one attached hydrogen (secondary N) is 1. The minimum absolute atomic E-state index is 0.00937. The number of quaternary nitrogens is 1.